The summed E-state index contributed by atoms with van der Waals surface area (Å²) in [4.78, 5) is 0. The van der Waals surface area contributed by atoms with E-state index in [9.17, 15) is 5.11 Å². The topological polar surface area (TPSA) is 29.5 Å². The van der Waals surface area contributed by atoms with Gasteiger partial charge in [-0.15, -0.1) is 6.58 Å². The minimum absolute atomic E-state index is 0.137. The minimum Gasteiger partial charge on any atom is -0.414 e. The molecule has 3 saturated carbocycles. The summed E-state index contributed by atoms with van der Waals surface area (Å²) in [5.41, 5.74) is 2.74. The van der Waals surface area contributed by atoms with Crippen LogP contribution in [0.5, 0.6) is 0 Å². The van der Waals surface area contributed by atoms with Crippen LogP contribution in [0.4, 0.5) is 0 Å². The summed E-state index contributed by atoms with van der Waals surface area (Å²) in [6, 6.07) is 0. The maximum Gasteiger partial charge on any atom is 0.192 e. The van der Waals surface area contributed by atoms with Gasteiger partial charge in [0.2, 0.25) is 0 Å². The third-order valence-corrected chi connectivity index (χ3v) is 15.7. The fourth-order valence-corrected chi connectivity index (χ4v) is 9.78. The van der Waals surface area contributed by atoms with E-state index in [1.165, 1.54) is 37.7 Å². The van der Waals surface area contributed by atoms with Gasteiger partial charge in [0, 0.05) is 6.10 Å². The van der Waals surface area contributed by atoms with Crippen molar-refractivity contribution in [1.82, 2.24) is 0 Å². The Labute approximate surface area is 205 Å². The van der Waals surface area contributed by atoms with Crippen LogP contribution in [-0.2, 0) is 4.43 Å². The Balaban J connectivity index is 1.58. The molecule has 3 fully saturated rings. The van der Waals surface area contributed by atoms with Crippen LogP contribution in [0.15, 0.2) is 36.0 Å². The number of aliphatic hydroxyl groups is 1. The molecule has 0 heterocycles. The first-order chi connectivity index (χ1) is 15.2. The van der Waals surface area contributed by atoms with Gasteiger partial charge in [0.25, 0.3) is 0 Å². The Kier molecular flexibility index (Phi) is 6.33. The predicted octanol–water partition coefficient (Wildman–Crippen LogP) is 8.20. The van der Waals surface area contributed by atoms with Crippen molar-refractivity contribution in [2.75, 3.05) is 0 Å². The number of hydrogen-bond acceptors (Lipinski definition) is 2. The maximum absolute atomic E-state index is 11.7. The highest BCUT2D eigenvalue weighted by Crippen LogP contribution is 2.68. The van der Waals surface area contributed by atoms with Gasteiger partial charge in [-0.1, -0.05) is 58.4 Å². The van der Waals surface area contributed by atoms with Gasteiger partial charge in [0.1, 0.15) is 0 Å². The largest absolute Gasteiger partial charge is 0.414 e. The SMILES string of the molecule is C=CCC1(O)C[C@H]2[C@@H]3CC=C4C[C@@H](O[Si](C)(C)C(C)(C)C)CC[C@]4(C)[C@H]3CC[C@]2(C)/C1=C\C. The van der Waals surface area contributed by atoms with Crippen molar-refractivity contribution >= 4 is 8.32 Å². The summed E-state index contributed by atoms with van der Waals surface area (Å²) in [5, 5.41) is 11.9. The molecule has 186 valence electrons. The average Bonchev–Trinajstić information content (AvgIpc) is 2.93. The Hall–Kier alpha value is -0.643. The smallest absolute Gasteiger partial charge is 0.192 e. The monoisotopic (exact) mass is 470 g/mol. The summed E-state index contributed by atoms with van der Waals surface area (Å²) in [6.45, 7) is 23.0. The lowest BCUT2D eigenvalue weighted by atomic mass is 9.48. The fourth-order valence-electron chi connectivity index (χ4n) is 8.39. The van der Waals surface area contributed by atoms with Gasteiger partial charge in [0.05, 0.1) is 5.60 Å². The molecule has 33 heavy (non-hydrogen) atoms. The van der Waals surface area contributed by atoms with Gasteiger partial charge in [-0.3, -0.25) is 0 Å². The van der Waals surface area contributed by atoms with Crippen molar-refractivity contribution < 1.29 is 9.53 Å². The quantitative estimate of drug-likeness (QED) is 0.331. The molecule has 3 heteroatoms. The highest BCUT2D eigenvalue weighted by Gasteiger charge is 2.62. The maximum atomic E-state index is 11.7. The van der Waals surface area contributed by atoms with Crippen LogP contribution >= 0.6 is 0 Å². The van der Waals surface area contributed by atoms with Crippen LogP contribution in [0.1, 0.15) is 92.9 Å². The summed E-state index contributed by atoms with van der Waals surface area (Å²) < 4.78 is 6.89. The second-order valence-corrected chi connectivity index (χ2v) is 18.6. The third-order valence-electron chi connectivity index (χ3n) is 11.2. The lowest BCUT2D eigenvalue weighted by molar-refractivity contribution is -0.0287. The van der Waals surface area contributed by atoms with E-state index in [-0.39, 0.29) is 10.5 Å². The molecular weight excluding hydrogens is 420 g/mol. The Morgan fingerprint density at radius 2 is 1.82 bits per heavy atom. The fraction of sp³-hybridized carbons (Fsp3) is 0.800. The first-order valence-electron chi connectivity index (χ1n) is 13.6. The van der Waals surface area contributed by atoms with E-state index in [1.54, 1.807) is 5.57 Å². The van der Waals surface area contributed by atoms with Crippen molar-refractivity contribution in [3.8, 4) is 0 Å². The van der Waals surface area contributed by atoms with Crippen LogP contribution in [0.3, 0.4) is 0 Å². The molecule has 0 bridgehead atoms. The molecule has 2 nitrogen and oxygen atoms in total. The first-order valence-corrected chi connectivity index (χ1v) is 16.5. The van der Waals surface area contributed by atoms with Crippen molar-refractivity contribution in [1.29, 1.82) is 0 Å². The molecule has 0 saturated heterocycles. The second kappa shape index (κ2) is 8.20. The molecule has 0 aromatic carbocycles. The van der Waals surface area contributed by atoms with Crippen molar-refractivity contribution in [2.45, 2.75) is 123 Å². The highest BCUT2D eigenvalue weighted by molar-refractivity contribution is 6.74. The normalized spacial score (nSPS) is 44.6. The predicted molar refractivity (Wildman–Crippen MR) is 143 cm³/mol. The molecule has 4 aliphatic carbocycles. The number of rotatable bonds is 4. The van der Waals surface area contributed by atoms with E-state index in [4.69, 9.17) is 4.43 Å². The molecule has 0 aromatic rings. The summed E-state index contributed by atoms with van der Waals surface area (Å²) in [7, 11) is -1.74. The Bertz CT molecular complexity index is 848. The van der Waals surface area contributed by atoms with Gasteiger partial charge in [-0.2, -0.15) is 0 Å². The second-order valence-electron chi connectivity index (χ2n) is 13.9. The zero-order valence-corrected chi connectivity index (χ0v) is 23.8. The van der Waals surface area contributed by atoms with Crippen LogP contribution in [0, 0.1) is 28.6 Å². The zero-order valence-electron chi connectivity index (χ0n) is 22.8. The van der Waals surface area contributed by atoms with E-state index in [0.717, 1.165) is 18.8 Å². The van der Waals surface area contributed by atoms with Crippen molar-refractivity contribution in [2.24, 2.45) is 28.6 Å². The summed E-state index contributed by atoms with van der Waals surface area (Å²) in [5.74, 6) is 2.00. The lowest BCUT2D eigenvalue weighted by Crippen LogP contribution is -2.51. The third kappa shape index (κ3) is 3.89. The molecule has 7 atom stereocenters. The average molecular weight is 471 g/mol. The van der Waals surface area contributed by atoms with Crippen LogP contribution in [0.2, 0.25) is 18.1 Å². The molecule has 4 aliphatic rings. The first kappa shape index (κ1) is 25.4. The molecule has 0 aromatic heterocycles. The summed E-state index contributed by atoms with van der Waals surface area (Å²) >= 11 is 0. The van der Waals surface area contributed by atoms with Crippen LogP contribution in [0.25, 0.3) is 0 Å². The molecule has 0 aliphatic heterocycles. The Morgan fingerprint density at radius 3 is 2.42 bits per heavy atom. The van der Waals surface area contributed by atoms with Crippen LogP contribution < -0.4 is 0 Å². The van der Waals surface area contributed by atoms with Crippen molar-refractivity contribution in [3.63, 3.8) is 0 Å². The van der Waals surface area contributed by atoms with E-state index in [0.29, 0.717) is 29.8 Å². The number of allylic oxidation sites excluding steroid dienone is 2. The minimum atomic E-state index is -1.74. The number of fused-ring (bicyclic) bond motifs is 5. The van der Waals surface area contributed by atoms with E-state index < -0.39 is 13.9 Å². The molecular formula is C30H50O2Si. The molecule has 1 unspecified atom stereocenters. The highest BCUT2D eigenvalue weighted by atomic mass is 28.4. The molecule has 4 rings (SSSR count). The molecule has 0 spiro atoms. The molecule has 0 radical (unpaired) electrons. The van der Waals surface area contributed by atoms with E-state index >= 15 is 0 Å². The molecule has 0 amide bonds. The van der Waals surface area contributed by atoms with Gasteiger partial charge in [-0.05, 0) is 111 Å². The number of hydrogen-bond donors (Lipinski definition) is 1. The van der Waals surface area contributed by atoms with Gasteiger partial charge in [-0.25, -0.2) is 0 Å². The molecule has 1 N–H and O–H groups in total. The zero-order chi connectivity index (χ0) is 24.4. The van der Waals surface area contributed by atoms with Gasteiger partial charge in [0.15, 0.2) is 8.32 Å². The summed E-state index contributed by atoms with van der Waals surface area (Å²) in [6.07, 6.45) is 16.0. The lowest BCUT2D eigenvalue weighted by Gasteiger charge is -2.58. The Morgan fingerprint density at radius 1 is 1.15 bits per heavy atom. The van der Waals surface area contributed by atoms with Gasteiger partial charge < -0.3 is 9.53 Å². The van der Waals surface area contributed by atoms with E-state index in [2.05, 4.69) is 73.4 Å². The van der Waals surface area contributed by atoms with Crippen LogP contribution in [-0.4, -0.2) is 25.1 Å². The standard InChI is InChI=1S/C30H50O2Si/c1-10-16-30(31)20-25-23-13-12-21-19-22(32-33(8,9)27(3,4)5)14-17-28(21,6)24(23)15-18-29(25,7)26(30)11-2/h10-12,22-25,31H,1,13-20H2,2-9H3/b26-11+/t22-,23+,24-,25-,28-,29-,30?/m0/s1. The van der Waals surface area contributed by atoms with Gasteiger partial charge >= 0.3 is 0 Å². The van der Waals surface area contributed by atoms with Crippen molar-refractivity contribution in [3.05, 3.63) is 36.0 Å². The van der Waals surface area contributed by atoms with E-state index in [1.807, 2.05) is 6.08 Å².